The molecule has 1 aromatic heterocycles. The largest absolute Gasteiger partial charge is 0.504 e. The lowest BCUT2D eigenvalue weighted by Crippen LogP contribution is -2.31. The molecular formula is C21H21N5O4. The van der Waals surface area contributed by atoms with Crippen LogP contribution in [0.15, 0.2) is 60.1 Å². The quantitative estimate of drug-likeness (QED) is 0.596. The van der Waals surface area contributed by atoms with Gasteiger partial charge in [0.2, 0.25) is 5.95 Å². The molecule has 2 aromatic carbocycles. The molecule has 0 bridgehead atoms. The van der Waals surface area contributed by atoms with E-state index in [2.05, 4.69) is 20.7 Å². The molecule has 2 heterocycles. The van der Waals surface area contributed by atoms with E-state index in [1.165, 1.54) is 19.5 Å². The first kappa shape index (κ1) is 19.3. The Morgan fingerprint density at radius 2 is 1.93 bits per heavy atom. The summed E-state index contributed by atoms with van der Waals surface area (Å²) in [5.41, 5.74) is 2.35. The number of phenolic OH excluding ortho intramolecular Hbond substituents is 1. The third-order valence-electron chi connectivity index (χ3n) is 4.91. The van der Waals surface area contributed by atoms with E-state index in [1.54, 1.807) is 43.0 Å². The van der Waals surface area contributed by atoms with Crippen molar-refractivity contribution in [1.29, 1.82) is 0 Å². The monoisotopic (exact) mass is 407 g/mol. The number of methoxy groups -OCH3 is 2. The molecule has 154 valence electrons. The first-order valence-electron chi connectivity index (χ1n) is 9.22. The van der Waals surface area contributed by atoms with Crippen LogP contribution in [0.25, 0.3) is 0 Å². The number of amides is 1. The van der Waals surface area contributed by atoms with Crippen LogP contribution in [0.1, 0.15) is 18.5 Å². The molecule has 0 radical (unpaired) electrons. The highest BCUT2D eigenvalue weighted by Gasteiger charge is 2.34. The Morgan fingerprint density at radius 3 is 2.70 bits per heavy atom. The number of nitrogens with one attached hydrogen (secondary N) is 2. The Hall–Kier alpha value is -4.01. The molecule has 1 atom stereocenters. The minimum atomic E-state index is -0.576. The van der Waals surface area contributed by atoms with Crippen molar-refractivity contribution in [1.82, 2.24) is 14.8 Å². The summed E-state index contributed by atoms with van der Waals surface area (Å²) in [6.45, 7) is 1.81. The third-order valence-corrected chi connectivity index (χ3v) is 4.91. The average molecular weight is 407 g/mol. The lowest BCUT2D eigenvalue weighted by atomic mass is 9.94. The summed E-state index contributed by atoms with van der Waals surface area (Å²) in [7, 11) is 3.02. The lowest BCUT2D eigenvalue weighted by molar-refractivity contribution is -0.113. The van der Waals surface area contributed by atoms with E-state index in [-0.39, 0.29) is 11.7 Å². The van der Waals surface area contributed by atoms with E-state index in [1.807, 2.05) is 12.1 Å². The number of allylic oxidation sites excluding steroid dienone is 1. The van der Waals surface area contributed by atoms with Crippen LogP contribution in [0.5, 0.6) is 17.2 Å². The summed E-state index contributed by atoms with van der Waals surface area (Å²) in [6, 6.07) is 11.5. The van der Waals surface area contributed by atoms with Crippen molar-refractivity contribution in [2.75, 3.05) is 24.9 Å². The zero-order valence-corrected chi connectivity index (χ0v) is 16.7. The molecule has 0 aliphatic carbocycles. The van der Waals surface area contributed by atoms with Crippen molar-refractivity contribution in [2.45, 2.75) is 13.0 Å². The number of phenols is 1. The first-order valence-corrected chi connectivity index (χ1v) is 9.22. The number of para-hydroxylation sites is 2. The second-order valence-corrected chi connectivity index (χ2v) is 6.68. The number of anilines is 2. The first-order chi connectivity index (χ1) is 14.5. The van der Waals surface area contributed by atoms with Crippen LogP contribution in [-0.4, -0.2) is 40.0 Å². The summed E-state index contributed by atoms with van der Waals surface area (Å²) < 4.78 is 12.2. The topological polar surface area (TPSA) is 111 Å². The van der Waals surface area contributed by atoms with Crippen molar-refractivity contribution in [3.05, 3.63) is 65.6 Å². The van der Waals surface area contributed by atoms with Crippen LogP contribution in [0.2, 0.25) is 0 Å². The zero-order chi connectivity index (χ0) is 21.3. The second kappa shape index (κ2) is 7.78. The van der Waals surface area contributed by atoms with Gasteiger partial charge in [0.15, 0.2) is 11.5 Å². The van der Waals surface area contributed by atoms with Gasteiger partial charge in [-0.1, -0.05) is 18.2 Å². The molecule has 0 fully saturated rings. The molecule has 30 heavy (non-hydrogen) atoms. The smallest absolute Gasteiger partial charge is 0.255 e. The molecule has 1 aliphatic heterocycles. The number of aromatic hydroxyl groups is 1. The molecule has 3 N–H and O–H groups in total. The van der Waals surface area contributed by atoms with Crippen molar-refractivity contribution >= 4 is 17.5 Å². The fourth-order valence-corrected chi connectivity index (χ4v) is 3.50. The van der Waals surface area contributed by atoms with Gasteiger partial charge in [0.25, 0.3) is 5.91 Å². The number of benzene rings is 2. The van der Waals surface area contributed by atoms with Crippen LogP contribution in [-0.2, 0) is 4.79 Å². The zero-order valence-electron chi connectivity index (χ0n) is 16.7. The van der Waals surface area contributed by atoms with E-state index in [0.717, 1.165) is 0 Å². The number of fused-ring (bicyclic) bond motifs is 1. The molecule has 1 aliphatic rings. The summed E-state index contributed by atoms with van der Waals surface area (Å²) in [5, 5.41) is 20.3. The van der Waals surface area contributed by atoms with Gasteiger partial charge in [-0.2, -0.15) is 10.1 Å². The lowest BCUT2D eigenvalue weighted by Gasteiger charge is -2.29. The van der Waals surface area contributed by atoms with E-state index in [0.29, 0.717) is 40.0 Å². The number of carbonyl (C=O) groups is 1. The van der Waals surface area contributed by atoms with E-state index < -0.39 is 6.04 Å². The SMILES string of the molecule is COc1cc([C@H]2C(C(=O)Nc3ccccc3OC)=C(C)Nc3ncnn32)ccc1O. The summed E-state index contributed by atoms with van der Waals surface area (Å²) in [4.78, 5) is 17.6. The predicted octanol–water partition coefficient (Wildman–Crippen LogP) is 2.93. The van der Waals surface area contributed by atoms with Crippen molar-refractivity contribution < 1.29 is 19.4 Å². The Labute approximate surface area is 173 Å². The highest BCUT2D eigenvalue weighted by molar-refractivity contribution is 6.06. The van der Waals surface area contributed by atoms with Crippen LogP contribution in [0, 0.1) is 0 Å². The predicted molar refractivity (Wildman–Crippen MR) is 111 cm³/mol. The van der Waals surface area contributed by atoms with Crippen LogP contribution in [0.4, 0.5) is 11.6 Å². The molecule has 4 rings (SSSR count). The number of ether oxygens (including phenoxy) is 2. The number of hydrogen-bond acceptors (Lipinski definition) is 7. The maximum Gasteiger partial charge on any atom is 0.255 e. The average Bonchev–Trinajstić information content (AvgIpc) is 3.21. The fraction of sp³-hybridized carbons (Fsp3) is 0.190. The standard InChI is InChI=1S/C21H21N5O4/c1-12-18(20(28)25-14-6-4-5-7-16(14)29-2)19(26-21(24-12)22-11-23-26)13-8-9-15(27)17(10-13)30-3/h4-11,19,27H,1-3H3,(H,25,28)(H,22,23,24)/t19-/m0/s1. The maximum atomic E-state index is 13.4. The minimum absolute atomic E-state index is 0.00900. The van der Waals surface area contributed by atoms with Gasteiger partial charge in [0, 0.05) is 5.70 Å². The van der Waals surface area contributed by atoms with Crippen LogP contribution >= 0.6 is 0 Å². The van der Waals surface area contributed by atoms with Gasteiger partial charge in [0.05, 0.1) is 25.5 Å². The van der Waals surface area contributed by atoms with Gasteiger partial charge in [-0.05, 0) is 36.8 Å². The number of nitrogens with zero attached hydrogens (tertiary/aromatic N) is 3. The van der Waals surface area contributed by atoms with Gasteiger partial charge >= 0.3 is 0 Å². The van der Waals surface area contributed by atoms with Gasteiger partial charge in [-0.15, -0.1) is 0 Å². The molecule has 0 saturated carbocycles. The molecule has 1 amide bonds. The molecule has 0 unspecified atom stereocenters. The van der Waals surface area contributed by atoms with Crippen LogP contribution in [0.3, 0.4) is 0 Å². The molecule has 9 heteroatoms. The number of rotatable bonds is 5. The van der Waals surface area contributed by atoms with E-state index in [9.17, 15) is 9.90 Å². The number of carbonyl (C=O) groups excluding carboxylic acids is 1. The third kappa shape index (κ3) is 3.30. The van der Waals surface area contributed by atoms with Crippen molar-refractivity contribution in [3.63, 3.8) is 0 Å². The second-order valence-electron chi connectivity index (χ2n) is 6.68. The molecule has 9 nitrogen and oxygen atoms in total. The van der Waals surface area contributed by atoms with Crippen molar-refractivity contribution in [2.24, 2.45) is 0 Å². The van der Waals surface area contributed by atoms with E-state index in [4.69, 9.17) is 9.47 Å². The molecule has 0 spiro atoms. The van der Waals surface area contributed by atoms with Gasteiger partial charge in [0.1, 0.15) is 18.1 Å². The highest BCUT2D eigenvalue weighted by atomic mass is 16.5. The minimum Gasteiger partial charge on any atom is -0.504 e. The Balaban J connectivity index is 1.79. The van der Waals surface area contributed by atoms with Gasteiger partial charge in [-0.25, -0.2) is 4.68 Å². The molecule has 3 aromatic rings. The Bertz CT molecular complexity index is 1140. The molecular weight excluding hydrogens is 386 g/mol. The Kier molecular flexibility index (Phi) is 5.01. The highest BCUT2D eigenvalue weighted by Crippen LogP contribution is 2.38. The van der Waals surface area contributed by atoms with E-state index >= 15 is 0 Å². The summed E-state index contributed by atoms with van der Waals surface area (Å²) >= 11 is 0. The van der Waals surface area contributed by atoms with Gasteiger partial charge < -0.3 is 25.2 Å². The maximum absolute atomic E-state index is 13.4. The number of aromatic nitrogens is 3. The Morgan fingerprint density at radius 1 is 1.17 bits per heavy atom. The van der Waals surface area contributed by atoms with Crippen LogP contribution < -0.4 is 20.1 Å². The number of hydrogen-bond donors (Lipinski definition) is 3. The van der Waals surface area contributed by atoms with Crippen molar-refractivity contribution in [3.8, 4) is 17.2 Å². The summed E-state index contributed by atoms with van der Waals surface area (Å²) in [5.74, 6) is 1.06. The fourth-order valence-electron chi connectivity index (χ4n) is 3.50. The van der Waals surface area contributed by atoms with Gasteiger partial charge in [-0.3, -0.25) is 4.79 Å². The normalized spacial score (nSPS) is 15.2. The molecule has 0 saturated heterocycles. The summed E-state index contributed by atoms with van der Waals surface area (Å²) in [6.07, 6.45) is 1.42.